The van der Waals surface area contributed by atoms with Crippen LogP contribution in [0.25, 0.3) is 0 Å². The molecule has 0 saturated carbocycles. The number of ether oxygens (including phenoxy) is 2. The number of ketones is 2. The van der Waals surface area contributed by atoms with Crippen LogP contribution < -0.4 is 0 Å². The third kappa shape index (κ3) is 1.66. The molecular formula is C13H20O4. The van der Waals surface area contributed by atoms with Crippen LogP contribution in [0.2, 0.25) is 0 Å². The minimum atomic E-state index is -0.826. The molecule has 4 nitrogen and oxygen atoms in total. The van der Waals surface area contributed by atoms with Crippen LogP contribution >= 0.6 is 0 Å². The highest BCUT2D eigenvalue weighted by molar-refractivity contribution is 5.95. The number of rotatable bonds is 3. The van der Waals surface area contributed by atoms with Gasteiger partial charge in [-0.15, -0.1) is 0 Å². The van der Waals surface area contributed by atoms with E-state index in [1.807, 2.05) is 13.8 Å². The van der Waals surface area contributed by atoms with Crippen molar-refractivity contribution in [2.24, 2.45) is 11.3 Å². The normalized spacial score (nSPS) is 42.6. The summed E-state index contributed by atoms with van der Waals surface area (Å²) in [7, 11) is 1.48. The second-order valence-corrected chi connectivity index (χ2v) is 5.40. The third-order valence-corrected chi connectivity index (χ3v) is 4.37. The highest BCUT2D eigenvalue weighted by Gasteiger charge is 2.59. The van der Waals surface area contributed by atoms with Crippen molar-refractivity contribution in [3.63, 3.8) is 0 Å². The molecule has 0 unspecified atom stereocenters. The number of Topliss-reactive ketones (excluding diaryl/α,β-unsaturated/α-hetero) is 2. The fourth-order valence-electron chi connectivity index (χ4n) is 3.42. The molecule has 17 heavy (non-hydrogen) atoms. The van der Waals surface area contributed by atoms with Gasteiger partial charge in [-0.2, -0.15) is 0 Å². The average molecular weight is 240 g/mol. The van der Waals surface area contributed by atoms with Crippen LogP contribution in [0, 0.1) is 11.3 Å². The lowest BCUT2D eigenvalue weighted by atomic mass is 9.69. The minimum absolute atomic E-state index is 0.0324. The molecule has 0 aromatic rings. The molecule has 0 aromatic carbocycles. The molecular weight excluding hydrogens is 220 g/mol. The van der Waals surface area contributed by atoms with Gasteiger partial charge < -0.3 is 9.47 Å². The van der Waals surface area contributed by atoms with Crippen molar-refractivity contribution in [1.29, 1.82) is 0 Å². The quantitative estimate of drug-likeness (QED) is 0.747. The zero-order valence-corrected chi connectivity index (χ0v) is 10.9. The molecule has 2 rings (SSSR count). The van der Waals surface area contributed by atoms with Crippen LogP contribution in [-0.4, -0.2) is 37.0 Å². The van der Waals surface area contributed by atoms with Gasteiger partial charge in [-0.05, 0) is 26.7 Å². The van der Waals surface area contributed by atoms with Crippen molar-refractivity contribution in [3.8, 4) is 0 Å². The number of methoxy groups -OCH3 is 1. The summed E-state index contributed by atoms with van der Waals surface area (Å²) in [5.41, 5.74) is -0.826. The molecule has 2 fully saturated rings. The Morgan fingerprint density at radius 3 is 2.71 bits per heavy atom. The first kappa shape index (κ1) is 12.7. The molecule has 2 heterocycles. The van der Waals surface area contributed by atoms with E-state index in [-0.39, 0.29) is 29.7 Å². The Morgan fingerprint density at radius 2 is 2.18 bits per heavy atom. The summed E-state index contributed by atoms with van der Waals surface area (Å²) in [4.78, 5) is 24.2. The second-order valence-electron chi connectivity index (χ2n) is 5.40. The molecule has 4 heteroatoms. The summed E-state index contributed by atoms with van der Waals surface area (Å²) in [6.07, 6.45) is 0.905. The van der Waals surface area contributed by atoms with E-state index in [4.69, 9.17) is 9.47 Å². The van der Waals surface area contributed by atoms with Crippen LogP contribution in [0.1, 0.15) is 33.6 Å². The van der Waals surface area contributed by atoms with Crippen LogP contribution in [0.15, 0.2) is 0 Å². The predicted molar refractivity (Wildman–Crippen MR) is 61.7 cm³/mol. The van der Waals surface area contributed by atoms with Crippen LogP contribution in [0.3, 0.4) is 0 Å². The molecule has 2 saturated heterocycles. The summed E-state index contributed by atoms with van der Waals surface area (Å²) in [5.74, 6) is -0.140. The highest BCUT2D eigenvalue weighted by atomic mass is 16.5. The van der Waals surface area contributed by atoms with Gasteiger partial charge in [0, 0.05) is 13.0 Å². The first-order chi connectivity index (χ1) is 7.92. The molecule has 0 aliphatic carbocycles. The van der Waals surface area contributed by atoms with Crippen molar-refractivity contribution < 1.29 is 19.1 Å². The van der Waals surface area contributed by atoms with E-state index < -0.39 is 11.5 Å². The van der Waals surface area contributed by atoms with Crippen LogP contribution in [0.5, 0.6) is 0 Å². The van der Waals surface area contributed by atoms with E-state index in [1.165, 1.54) is 14.0 Å². The molecule has 0 radical (unpaired) electrons. The van der Waals surface area contributed by atoms with Gasteiger partial charge in [0.2, 0.25) is 0 Å². The third-order valence-electron chi connectivity index (χ3n) is 4.37. The maximum absolute atomic E-state index is 12.5. The number of hydrogen-bond acceptors (Lipinski definition) is 4. The fourth-order valence-corrected chi connectivity index (χ4v) is 3.42. The van der Waals surface area contributed by atoms with Crippen LogP contribution in [-0.2, 0) is 19.1 Å². The van der Waals surface area contributed by atoms with E-state index in [0.717, 1.165) is 12.8 Å². The Labute approximate surface area is 102 Å². The SMILES string of the molecule is CO[C@@H](C(C)=O)[C@]1(C)C(=O)[C@@H](C)[C@H]2CC[C@@H]1O2. The Balaban J connectivity index is 2.39. The minimum Gasteiger partial charge on any atom is -0.373 e. The van der Waals surface area contributed by atoms with Gasteiger partial charge in [-0.25, -0.2) is 0 Å². The lowest BCUT2D eigenvalue weighted by molar-refractivity contribution is -0.180. The van der Waals surface area contributed by atoms with Gasteiger partial charge in [0.15, 0.2) is 5.78 Å². The van der Waals surface area contributed by atoms with E-state index in [1.54, 1.807) is 0 Å². The maximum atomic E-state index is 12.5. The smallest absolute Gasteiger partial charge is 0.159 e. The largest absolute Gasteiger partial charge is 0.373 e. The zero-order valence-electron chi connectivity index (χ0n) is 10.9. The van der Waals surface area contributed by atoms with Crippen molar-refractivity contribution in [1.82, 2.24) is 0 Å². The molecule has 96 valence electrons. The summed E-state index contributed by atoms with van der Waals surface area (Å²) < 4.78 is 11.1. The van der Waals surface area contributed by atoms with E-state index in [2.05, 4.69) is 0 Å². The molecule has 2 bridgehead atoms. The van der Waals surface area contributed by atoms with Gasteiger partial charge in [-0.3, -0.25) is 9.59 Å². The topological polar surface area (TPSA) is 52.6 Å². The van der Waals surface area contributed by atoms with Crippen molar-refractivity contribution in [2.75, 3.05) is 7.11 Å². The number of carbonyl (C=O) groups excluding carboxylic acids is 2. The number of fused-ring (bicyclic) bond motifs is 2. The van der Waals surface area contributed by atoms with Gasteiger partial charge in [0.25, 0.3) is 0 Å². The zero-order chi connectivity index (χ0) is 12.8. The fraction of sp³-hybridized carbons (Fsp3) is 0.846. The maximum Gasteiger partial charge on any atom is 0.159 e. The first-order valence-electron chi connectivity index (χ1n) is 6.16. The summed E-state index contributed by atoms with van der Waals surface area (Å²) in [6.45, 7) is 5.17. The van der Waals surface area contributed by atoms with Gasteiger partial charge in [0.05, 0.1) is 17.6 Å². The molecule has 0 amide bonds. The molecule has 0 N–H and O–H groups in total. The average Bonchev–Trinajstić information content (AvgIpc) is 2.72. The van der Waals surface area contributed by atoms with E-state index in [0.29, 0.717) is 0 Å². The summed E-state index contributed by atoms with van der Waals surface area (Å²) in [5, 5.41) is 0. The van der Waals surface area contributed by atoms with Crippen molar-refractivity contribution in [3.05, 3.63) is 0 Å². The van der Waals surface area contributed by atoms with Crippen LogP contribution in [0.4, 0.5) is 0 Å². The van der Waals surface area contributed by atoms with E-state index in [9.17, 15) is 9.59 Å². The number of carbonyl (C=O) groups is 2. The van der Waals surface area contributed by atoms with Crippen molar-refractivity contribution >= 4 is 11.6 Å². The lowest BCUT2D eigenvalue weighted by Gasteiger charge is -2.44. The second kappa shape index (κ2) is 4.18. The molecule has 2 aliphatic heterocycles. The van der Waals surface area contributed by atoms with E-state index >= 15 is 0 Å². The Morgan fingerprint density at radius 1 is 1.53 bits per heavy atom. The highest BCUT2D eigenvalue weighted by Crippen LogP contribution is 2.47. The Kier molecular flexibility index (Phi) is 3.12. The molecule has 0 spiro atoms. The van der Waals surface area contributed by atoms with Gasteiger partial charge in [-0.1, -0.05) is 6.92 Å². The molecule has 5 atom stereocenters. The first-order valence-corrected chi connectivity index (χ1v) is 6.16. The standard InChI is InChI=1S/C13H20O4/c1-7-9-5-6-10(17-9)13(3,11(7)15)12(16-4)8(2)14/h7,9-10,12H,5-6H2,1-4H3/t7-,9+,10-,12-,13-/m0/s1. The Hall–Kier alpha value is -0.740. The number of hydrogen-bond donors (Lipinski definition) is 0. The summed E-state index contributed by atoms with van der Waals surface area (Å²) in [6, 6.07) is 0. The predicted octanol–water partition coefficient (Wildman–Crippen LogP) is 1.36. The molecule has 0 aromatic heterocycles. The van der Waals surface area contributed by atoms with Gasteiger partial charge >= 0.3 is 0 Å². The monoisotopic (exact) mass is 240 g/mol. The van der Waals surface area contributed by atoms with Gasteiger partial charge in [0.1, 0.15) is 11.9 Å². The summed E-state index contributed by atoms with van der Waals surface area (Å²) >= 11 is 0. The Bertz CT molecular complexity index is 351. The van der Waals surface area contributed by atoms with Crippen molar-refractivity contribution in [2.45, 2.75) is 51.9 Å². The lowest BCUT2D eigenvalue weighted by Crippen LogP contribution is -2.58. The molecule has 2 aliphatic rings.